The van der Waals surface area contributed by atoms with Crippen molar-refractivity contribution in [2.24, 2.45) is 5.92 Å². The average Bonchev–Trinajstić information content (AvgIpc) is 3.17. The highest BCUT2D eigenvalue weighted by Gasteiger charge is 2.31. The Morgan fingerprint density at radius 1 is 1.23 bits per heavy atom. The minimum absolute atomic E-state index is 0.0502. The molecule has 1 amide bonds. The average molecular weight is 507 g/mol. The number of amides is 1. The molecule has 6 nitrogen and oxygen atoms in total. The molecule has 5 rings (SSSR count). The summed E-state index contributed by atoms with van der Waals surface area (Å²) in [7, 11) is 0. The molecule has 4 heterocycles. The van der Waals surface area contributed by atoms with Crippen LogP contribution in [-0.2, 0) is 29.0 Å². The van der Waals surface area contributed by atoms with Crippen molar-refractivity contribution in [2.45, 2.75) is 64.7 Å². The van der Waals surface area contributed by atoms with Crippen molar-refractivity contribution in [2.75, 3.05) is 11.1 Å². The molecule has 0 atom stereocenters. The fraction of sp³-hybridized carbons (Fsp3) is 0.407. The van der Waals surface area contributed by atoms with Crippen LogP contribution in [-0.4, -0.2) is 32.2 Å². The summed E-state index contributed by atoms with van der Waals surface area (Å²) >= 11 is 3.08. The van der Waals surface area contributed by atoms with Gasteiger partial charge < -0.3 is 10.1 Å². The van der Waals surface area contributed by atoms with Crippen LogP contribution in [0.2, 0.25) is 0 Å². The number of ether oxygens (including phenoxy) is 1. The third-order valence-electron chi connectivity index (χ3n) is 6.24. The number of hydrogen-bond acceptors (Lipinski definition) is 7. The van der Waals surface area contributed by atoms with Gasteiger partial charge in [-0.25, -0.2) is 15.0 Å². The minimum atomic E-state index is -0.233. The highest BCUT2D eigenvalue weighted by atomic mass is 32.2. The standard InChI is InChI=1S/C27H30N4O2S2/c1-15(2)10-20-18-12-33-27(4,5)11-17(18)22-23-24(35-25(22)31-20)26(29-14-28-23)34-13-21(32)30-19-9-7-6-8-16(19)3/h6-9,14-15H,10-13H2,1-5H3,(H,30,32). The lowest BCUT2D eigenvalue weighted by Crippen LogP contribution is -2.33. The van der Waals surface area contributed by atoms with Crippen LogP contribution in [0.5, 0.6) is 0 Å². The van der Waals surface area contributed by atoms with E-state index in [1.165, 1.54) is 22.9 Å². The van der Waals surface area contributed by atoms with Gasteiger partial charge in [-0.3, -0.25) is 4.79 Å². The molecule has 0 fully saturated rings. The molecule has 35 heavy (non-hydrogen) atoms. The first-order valence-electron chi connectivity index (χ1n) is 11.9. The number of hydrogen-bond donors (Lipinski definition) is 1. The Labute approximate surface area is 213 Å². The van der Waals surface area contributed by atoms with Crippen LogP contribution >= 0.6 is 23.1 Å². The number of benzene rings is 1. The van der Waals surface area contributed by atoms with Gasteiger partial charge in [-0.15, -0.1) is 11.3 Å². The van der Waals surface area contributed by atoms with Gasteiger partial charge in [0.05, 0.1) is 28.2 Å². The van der Waals surface area contributed by atoms with Crippen LogP contribution in [0.1, 0.15) is 50.1 Å². The number of thioether (sulfide) groups is 1. The Morgan fingerprint density at radius 2 is 2.03 bits per heavy atom. The van der Waals surface area contributed by atoms with Crippen molar-refractivity contribution >= 4 is 55.1 Å². The van der Waals surface area contributed by atoms with Crippen molar-refractivity contribution in [1.29, 1.82) is 0 Å². The topological polar surface area (TPSA) is 77.0 Å². The van der Waals surface area contributed by atoms with E-state index >= 15 is 0 Å². The van der Waals surface area contributed by atoms with E-state index in [0.29, 0.717) is 12.5 Å². The molecule has 1 N–H and O–H groups in total. The Morgan fingerprint density at radius 3 is 2.80 bits per heavy atom. The highest BCUT2D eigenvalue weighted by molar-refractivity contribution is 8.00. The number of para-hydroxylation sites is 1. The van der Waals surface area contributed by atoms with Crippen LogP contribution < -0.4 is 5.32 Å². The lowest BCUT2D eigenvalue weighted by molar-refractivity contribution is -0.113. The molecule has 8 heteroatoms. The first-order chi connectivity index (χ1) is 16.7. The van der Waals surface area contributed by atoms with E-state index in [0.717, 1.165) is 55.2 Å². The molecule has 0 radical (unpaired) electrons. The summed E-state index contributed by atoms with van der Waals surface area (Å²) in [5.41, 5.74) is 6.23. The number of nitrogens with one attached hydrogen (secondary N) is 1. The number of pyridine rings is 1. The zero-order chi connectivity index (χ0) is 24.7. The minimum Gasteiger partial charge on any atom is -0.370 e. The predicted octanol–water partition coefficient (Wildman–Crippen LogP) is 6.33. The number of carbonyl (C=O) groups excluding carboxylic acids is 1. The second kappa shape index (κ2) is 9.48. The number of anilines is 1. The van der Waals surface area contributed by atoms with Gasteiger partial charge in [0.2, 0.25) is 5.91 Å². The van der Waals surface area contributed by atoms with Crippen LogP contribution in [0, 0.1) is 12.8 Å². The van der Waals surface area contributed by atoms with Crippen LogP contribution in [0.4, 0.5) is 5.69 Å². The monoisotopic (exact) mass is 506 g/mol. The Balaban J connectivity index is 1.51. The summed E-state index contributed by atoms with van der Waals surface area (Å²) in [4.78, 5) is 28.0. The van der Waals surface area contributed by atoms with E-state index in [4.69, 9.17) is 9.72 Å². The van der Waals surface area contributed by atoms with Gasteiger partial charge in [0.1, 0.15) is 16.2 Å². The van der Waals surface area contributed by atoms with Gasteiger partial charge in [-0.1, -0.05) is 43.8 Å². The summed E-state index contributed by atoms with van der Waals surface area (Å²) < 4.78 is 7.18. The number of aryl methyl sites for hydroxylation is 1. The predicted molar refractivity (Wildman–Crippen MR) is 144 cm³/mol. The first kappa shape index (κ1) is 24.2. The van der Waals surface area contributed by atoms with Crippen molar-refractivity contribution in [3.63, 3.8) is 0 Å². The number of aromatic nitrogens is 3. The summed E-state index contributed by atoms with van der Waals surface area (Å²) in [6.07, 6.45) is 3.35. The molecule has 3 aromatic heterocycles. The molecule has 1 aromatic carbocycles. The Bertz CT molecular complexity index is 1430. The molecule has 1 aliphatic rings. The van der Waals surface area contributed by atoms with Gasteiger partial charge >= 0.3 is 0 Å². The largest absolute Gasteiger partial charge is 0.370 e. The van der Waals surface area contributed by atoms with E-state index in [-0.39, 0.29) is 17.3 Å². The van der Waals surface area contributed by atoms with Gasteiger partial charge in [0.25, 0.3) is 0 Å². The summed E-state index contributed by atoms with van der Waals surface area (Å²) in [6.45, 7) is 11.3. The molecular weight excluding hydrogens is 476 g/mol. The maximum absolute atomic E-state index is 12.7. The number of carbonyl (C=O) groups is 1. The van der Waals surface area contributed by atoms with Gasteiger partial charge in [-0.05, 0) is 50.3 Å². The van der Waals surface area contributed by atoms with Gasteiger partial charge in [0, 0.05) is 28.8 Å². The summed E-state index contributed by atoms with van der Waals surface area (Å²) in [5.74, 6) is 0.733. The lowest BCUT2D eigenvalue weighted by Gasteiger charge is -2.33. The van der Waals surface area contributed by atoms with Gasteiger partial charge in [0.15, 0.2) is 0 Å². The lowest BCUT2D eigenvalue weighted by atomic mass is 9.88. The molecular formula is C27H30N4O2S2. The first-order valence-corrected chi connectivity index (χ1v) is 13.7. The van der Waals surface area contributed by atoms with Crippen molar-refractivity contribution in [1.82, 2.24) is 15.0 Å². The van der Waals surface area contributed by atoms with Gasteiger partial charge in [-0.2, -0.15) is 0 Å². The smallest absolute Gasteiger partial charge is 0.234 e. The molecule has 0 bridgehead atoms. The summed E-state index contributed by atoms with van der Waals surface area (Å²) in [6, 6.07) is 7.79. The maximum atomic E-state index is 12.7. The van der Waals surface area contributed by atoms with Crippen LogP contribution in [0.25, 0.3) is 20.4 Å². The third-order valence-corrected chi connectivity index (χ3v) is 8.44. The molecule has 0 aliphatic carbocycles. The quantitative estimate of drug-likeness (QED) is 0.243. The fourth-order valence-corrected chi connectivity index (χ4v) is 6.60. The molecule has 0 spiro atoms. The second-order valence-corrected chi connectivity index (χ2v) is 12.1. The normalized spacial score (nSPS) is 15.0. The fourth-order valence-electron chi connectivity index (χ4n) is 4.54. The molecule has 0 saturated carbocycles. The van der Waals surface area contributed by atoms with Crippen molar-refractivity contribution in [3.05, 3.63) is 53.0 Å². The zero-order valence-electron chi connectivity index (χ0n) is 20.8. The molecule has 0 unspecified atom stereocenters. The van der Waals surface area contributed by atoms with Crippen molar-refractivity contribution in [3.8, 4) is 0 Å². The van der Waals surface area contributed by atoms with Crippen molar-refractivity contribution < 1.29 is 9.53 Å². The van der Waals surface area contributed by atoms with E-state index in [1.54, 1.807) is 17.7 Å². The Kier molecular flexibility index (Phi) is 6.55. The highest BCUT2D eigenvalue weighted by Crippen LogP contribution is 2.43. The van der Waals surface area contributed by atoms with Crippen LogP contribution in [0.3, 0.4) is 0 Å². The summed E-state index contributed by atoms with van der Waals surface area (Å²) in [5, 5.41) is 4.95. The SMILES string of the molecule is Cc1ccccc1NC(=O)CSc1ncnc2c1sc1nc(CC(C)C)c3c(c12)CC(C)(C)OC3. The second-order valence-electron chi connectivity index (χ2n) is 10.1. The third kappa shape index (κ3) is 4.92. The Hall–Kier alpha value is -2.55. The van der Waals surface area contributed by atoms with E-state index in [9.17, 15) is 4.79 Å². The maximum Gasteiger partial charge on any atom is 0.234 e. The molecule has 4 aromatic rings. The van der Waals surface area contributed by atoms with E-state index in [1.807, 2.05) is 31.2 Å². The number of nitrogens with zero attached hydrogens (tertiary/aromatic N) is 3. The molecule has 0 saturated heterocycles. The number of fused-ring (bicyclic) bond motifs is 5. The van der Waals surface area contributed by atoms with Crippen LogP contribution in [0.15, 0.2) is 35.6 Å². The zero-order valence-corrected chi connectivity index (χ0v) is 22.4. The molecule has 1 aliphatic heterocycles. The molecule has 182 valence electrons. The van der Waals surface area contributed by atoms with E-state index in [2.05, 4.69) is 43.0 Å². The number of thiophene rings is 1. The number of rotatable bonds is 6. The van der Waals surface area contributed by atoms with E-state index < -0.39 is 0 Å².